The van der Waals surface area contributed by atoms with Crippen LogP contribution in [0.2, 0.25) is 0 Å². The summed E-state index contributed by atoms with van der Waals surface area (Å²) in [4.78, 5) is 129. The van der Waals surface area contributed by atoms with Gasteiger partial charge >= 0.3 is 5.97 Å². The largest absolute Gasteiger partial charge is 0.480 e. The molecule has 1 heterocycles. The van der Waals surface area contributed by atoms with Crippen molar-refractivity contribution in [3.63, 3.8) is 0 Å². The van der Waals surface area contributed by atoms with Crippen molar-refractivity contribution < 1.29 is 53.4 Å². The summed E-state index contributed by atoms with van der Waals surface area (Å²) >= 11 is 0. The Morgan fingerprint density at radius 3 is 1.86 bits per heavy atom. The molecule has 9 atom stereocenters. The minimum Gasteiger partial charge on any atom is -0.480 e. The van der Waals surface area contributed by atoms with Crippen molar-refractivity contribution >= 4 is 59.2 Å². The van der Waals surface area contributed by atoms with Gasteiger partial charge in [0.2, 0.25) is 47.3 Å². The molecule has 0 saturated heterocycles. The molecule has 0 radical (unpaired) electrons. The number of hydrogen-bond donors (Lipinski definition) is 15. The number of aliphatic imine (C=N–C) groups is 1. The van der Waals surface area contributed by atoms with E-state index in [-0.39, 0.29) is 56.4 Å². The van der Waals surface area contributed by atoms with Crippen LogP contribution in [0.1, 0.15) is 99.1 Å². The number of hydrogen-bond acceptors (Lipinski definition) is 14. The summed E-state index contributed by atoms with van der Waals surface area (Å²) in [6.07, 6.45) is 4.80. The highest BCUT2D eigenvalue weighted by atomic mass is 16.4. The van der Waals surface area contributed by atoms with Crippen LogP contribution in [0.3, 0.4) is 0 Å². The number of aromatic amines is 1. The van der Waals surface area contributed by atoms with Crippen molar-refractivity contribution in [2.45, 2.75) is 148 Å². The summed E-state index contributed by atoms with van der Waals surface area (Å²) in [5, 5.41) is 39.7. The van der Waals surface area contributed by atoms with Gasteiger partial charge in [0.25, 0.3) is 0 Å². The van der Waals surface area contributed by atoms with Gasteiger partial charge in [-0.25, -0.2) is 9.78 Å². The third-order valence-electron chi connectivity index (χ3n) is 10.9. The van der Waals surface area contributed by atoms with Crippen molar-refractivity contribution in [2.24, 2.45) is 45.7 Å². The van der Waals surface area contributed by atoms with Gasteiger partial charge < -0.3 is 80.7 Å². The lowest BCUT2D eigenvalue weighted by molar-refractivity contribution is -0.142. The van der Waals surface area contributed by atoms with E-state index in [4.69, 9.17) is 22.9 Å². The number of aliphatic hydroxyl groups is 1. The lowest BCUT2D eigenvalue weighted by atomic mass is 9.97. The highest BCUT2D eigenvalue weighted by Crippen LogP contribution is 2.11. The first-order chi connectivity index (χ1) is 32.4. The smallest absolute Gasteiger partial charge is 0.326 e. The minimum atomic E-state index is -1.62. The van der Waals surface area contributed by atoms with Gasteiger partial charge in [-0.3, -0.25) is 43.3 Å². The second kappa shape index (κ2) is 31.6. The summed E-state index contributed by atoms with van der Waals surface area (Å²) in [6, 6.07) is -9.95. The van der Waals surface area contributed by atoms with Crippen LogP contribution < -0.4 is 65.5 Å². The number of carbonyl (C=O) groups excluding carboxylic acids is 8. The highest BCUT2D eigenvalue weighted by molar-refractivity contribution is 5.97. The number of unbranched alkanes of at least 4 members (excludes halogenated alkanes) is 1. The van der Waals surface area contributed by atoms with Crippen molar-refractivity contribution in [3.8, 4) is 0 Å². The zero-order chi connectivity index (χ0) is 52.4. The molecule has 1 rings (SSSR count). The Balaban J connectivity index is 3.06. The fourth-order valence-corrected chi connectivity index (χ4v) is 6.56. The van der Waals surface area contributed by atoms with E-state index >= 15 is 0 Å². The number of amides is 8. The molecule has 390 valence electrons. The quantitative estimate of drug-likeness (QED) is 0.0180. The zero-order valence-corrected chi connectivity index (χ0v) is 40.8. The molecule has 0 aliphatic carbocycles. The van der Waals surface area contributed by atoms with E-state index in [0.29, 0.717) is 31.5 Å². The van der Waals surface area contributed by atoms with E-state index in [9.17, 15) is 53.4 Å². The first-order valence-corrected chi connectivity index (χ1v) is 23.2. The van der Waals surface area contributed by atoms with Crippen LogP contribution >= 0.6 is 0 Å². The molecule has 1 aromatic heterocycles. The Morgan fingerprint density at radius 2 is 1.30 bits per heavy atom. The van der Waals surface area contributed by atoms with Crippen molar-refractivity contribution in [1.29, 1.82) is 0 Å². The van der Waals surface area contributed by atoms with Crippen LogP contribution in [-0.4, -0.2) is 154 Å². The van der Waals surface area contributed by atoms with Crippen molar-refractivity contribution in [1.82, 2.24) is 52.5 Å². The van der Waals surface area contributed by atoms with Gasteiger partial charge in [-0.05, 0) is 69.7 Å². The summed E-state index contributed by atoms with van der Waals surface area (Å²) in [7, 11) is 0. The number of nitrogens with zero attached hydrogens (tertiary/aromatic N) is 2. The number of aliphatic carboxylic acids is 1. The number of H-pyrrole nitrogens is 1. The molecule has 0 unspecified atom stereocenters. The second-order valence-electron chi connectivity index (χ2n) is 17.6. The third kappa shape index (κ3) is 23.0. The molecule has 1 aromatic rings. The van der Waals surface area contributed by atoms with Crippen LogP contribution in [0.25, 0.3) is 0 Å². The number of imidazole rings is 1. The average molecular weight is 980 g/mol. The van der Waals surface area contributed by atoms with Gasteiger partial charge in [-0.1, -0.05) is 48.0 Å². The maximum Gasteiger partial charge on any atom is 0.326 e. The molecular formula is C43H77N15O11. The topological polar surface area (TPSA) is 435 Å². The van der Waals surface area contributed by atoms with E-state index in [0.717, 1.165) is 0 Å². The first kappa shape index (κ1) is 60.6. The minimum absolute atomic E-state index is 0.00950. The van der Waals surface area contributed by atoms with Gasteiger partial charge in [-0.15, -0.1) is 0 Å². The van der Waals surface area contributed by atoms with Gasteiger partial charge in [0.1, 0.15) is 42.3 Å². The van der Waals surface area contributed by atoms with Gasteiger partial charge in [0.05, 0.1) is 25.5 Å². The molecule has 0 aromatic carbocycles. The Hall–Kier alpha value is -6.41. The van der Waals surface area contributed by atoms with Crippen LogP contribution in [0, 0.1) is 17.8 Å². The molecule has 69 heavy (non-hydrogen) atoms. The van der Waals surface area contributed by atoms with E-state index in [2.05, 4.69) is 57.5 Å². The maximum absolute atomic E-state index is 13.6. The summed E-state index contributed by atoms with van der Waals surface area (Å²) in [5.74, 6) is -8.67. The molecule has 0 saturated carbocycles. The number of carboxylic acids is 1. The first-order valence-electron chi connectivity index (χ1n) is 23.2. The molecule has 0 spiro atoms. The fraction of sp³-hybridized carbons (Fsp3) is 0.698. The number of aromatic nitrogens is 2. The highest BCUT2D eigenvalue weighted by Gasteiger charge is 2.34. The van der Waals surface area contributed by atoms with Gasteiger partial charge in [0.15, 0.2) is 5.96 Å². The molecule has 0 aliphatic rings. The lowest BCUT2D eigenvalue weighted by Gasteiger charge is -2.27. The van der Waals surface area contributed by atoms with Crippen LogP contribution in [0.4, 0.5) is 0 Å². The number of guanidine groups is 1. The van der Waals surface area contributed by atoms with E-state index in [1.54, 1.807) is 20.8 Å². The summed E-state index contributed by atoms with van der Waals surface area (Å²) in [5.41, 5.74) is 22.9. The van der Waals surface area contributed by atoms with Crippen LogP contribution in [0.5, 0.6) is 0 Å². The molecule has 26 nitrogen and oxygen atoms in total. The standard InChI is InChI=1S/C43H77N15O11/c1-8-24(6)33(45)40(66)57-29(16-22(2)3)37(63)54-27(13-11-15-49-43(46)47)36(62)50-19-32(60)53-31(20-59)39(65)58-34(23(4)5)41(67)52-25(7)35(61)56-30(17-26-18-48-21-51-26)38(64)55-28(42(68)69)12-9-10-14-44/h18,21-25,27-31,33-34,59H,8-17,19-20,44-45H2,1-7H3,(H,48,51)(H,50,62)(H,52,67)(H,53,60)(H,54,63)(H,55,64)(H,56,61)(H,57,66)(H,58,65)(H,68,69)(H4,46,47,49)/t24-,25-,27-,28-,29-,30-,31-,33-,34-/m0/s1. The number of rotatable bonds is 33. The Kier molecular flexibility index (Phi) is 27.8. The normalized spacial score (nSPS) is 15.1. The van der Waals surface area contributed by atoms with Gasteiger partial charge in [0, 0.05) is 24.9 Å². The SMILES string of the molecule is CC[C@H](C)[C@H](N)C(=O)N[C@@H](CC(C)C)C(=O)N[C@@H](CCCN=C(N)N)C(=O)NCC(=O)N[C@@H](CO)C(=O)N[C@H](C(=O)N[C@@H](C)C(=O)N[C@@H](Cc1cnc[nH]1)C(=O)N[C@@H](CCCCN)C(=O)O)C(C)C. The maximum atomic E-state index is 13.6. The second-order valence-corrected chi connectivity index (χ2v) is 17.6. The lowest BCUT2D eigenvalue weighted by Crippen LogP contribution is -2.60. The molecule has 0 aliphatic heterocycles. The Labute approximate surface area is 402 Å². The number of nitrogens with one attached hydrogen (secondary N) is 9. The number of nitrogens with two attached hydrogens (primary N) is 4. The number of aliphatic hydroxyl groups excluding tert-OH is 1. The monoisotopic (exact) mass is 980 g/mol. The Morgan fingerprint density at radius 1 is 0.710 bits per heavy atom. The van der Waals surface area contributed by atoms with Crippen molar-refractivity contribution in [2.75, 3.05) is 26.2 Å². The summed E-state index contributed by atoms with van der Waals surface area (Å²) in [6.45, 7) is 10.7. The van der Waals surface area contributed by atoms with E-state index in [1.807, 2.05) is 20.8 Å². The number of carbonyl (C=O) groups is 9. The van der Waals surface area contributed by atoms with Crippen LogP contribution in [0.15, 0.2) is 17.5 Å². The fourth-order valence-electron chi connectivity index (χ4n) is 6.56. The van der Waals surface area contributed by atoms with E-state index in [1.165, 1.54) is 19.4 Å². The average Bonchev–Trinajstić information content (AvgIpc) is 3.81. The zero-order valence-electron chi connectivity index (χ0n) is 40.8. The summed E-state index contributed by atoms with van der Waals surface area (Å²) < 4.78 is 0. The molecule has 8 amide bonds. The Bertz CT molecular complexity index is 1860. The third-order valence-corrected chi connectivity index (χ3v) is 10.9. The van der Waals surface area contributed by atoms with Crippen molar-refractivity contribution in [3.05, 3.63) is 18.2 Å². The molecule has 26 heteroatoms. The predicted octanol–water partition coefficient (Wildman–Crippen LogP) is -4.18. The molecule has 0 bridgehead atoms. The molecular weight excluding hydrogens is 903 g/mol. The van der Waals surface area contributed by atoms with E-state index < -0.39 is 121 Å². The van der Waals surface area contributed by atoms with Gasteiger partial charge in [-0.2, -0.15) is 0 Å². The molecule has 0 fully saturated rings. The molecule has 19 N–H and O–H groups in total. The number of carboxylic acid groups (broad SMARTS) is 1. The predicted molar refractivity (Wildman–Crippen MR) is 254 cm³/mol. The van der Waals surface area contributed by atoms with Crippen LogP contribution in [-0.2, 0) is 49.6 Å².